The minimum absolute atomic E-state index is 0.000156. The lowest BCUT2D eigenvalue weighted by molar-refractivity contribution is -0.116. The van der Waals surface area contributed by atoms with Gasteiger partial charge in [-0.05, 0) is 50.1 Å². The van der Waals surface area contributed by atoms with Gasteiger partial charge in [0.05, 0.1) is 22.6 Å². The Kier molecular flexibility index (Phi) is 5.29. The van der Waals surface area contributed by atoms with Crippen molar-refractivity contribution in [1.82, 2.24) is 9.62 Å². The molecule has 152 valence electrons. The van der Waals surface area contributed by atoms with Gasteiger partial charge in [-0.25, -0.2) is 8.42 Å². The van der Waals surface area contributed by atoms with E-state index < -0.39 is 34.3 Å². The lowest BCUT2D eigenvalue weighted by Gasteiger charge is -2.18. The molecule has 9 heteroatoms. The van der Waals surface area contributed by atoms with E-state index in [1.54, 1.807) is 0 Å². The number of carbonyl (C=O) groups excluding carboxylic acids is 3. The summed E-state index contributed by atoms with van der Waals surface area (Å²) in [7, 11) is -2.75. The molecule has 1 heterocycles. The number of hydrogen-bond donors (Lipinski definition) is 2. The molecule has 2 N–H and O–H groups in total. The predicted octanol–water partition coefficient (Wildman–Crippen LogP) is 1.75. The number of sulfonamides is 1. The van der Waals surface area contributed by atoms with Gasteiger partial charge in [-0.2, -0.15) is 4.31 Å². The van der Waals surface area contributed by atoms with Crippen LogP contribution in [0.2, 0.25) is 0 Å². The number of amides is 3. The molecule has 3 rings (SSSR count). The highest BCUT2D eigenvalue weighted by Gasteiger charge is 2.30. The van der Waals surface area contributed by atoms with Crippen LogP contribution in [-0.4, -0.2) is 44.0 Å². The maximum Gasteiger partial charge on any atom is 0.258 e. The second-order valence-corrected chi connectivity index (χ2v) is 9.12. The van der Waals surface area contributed by atoms with Crippen molar-refractivity contribution in [2.24, 2.45) is 0 Å². The summed E-state index contributed by atoms with van der Waals surface area (Å²) >= 11 is 0. The average molecular weight is 415 g/mol. The predicted molar refractivity (Wildman–Crippen MR) is 107 cm³/mol. The molecule has 0 bridgehead atoms. The van der Waals surface area contributed by atoms with Gasteiger partial charge in [0.2, 0.25) is 15.9 Å². The summed E-state index contributed by atoms with van der Waals surface area (Å²) < 4.78 is 26.5. The molecule has 0 aliphatic carbocycles. The monoisotopic (exact) mass is 415 g/mol. The van der Waals surface area contributed by atoms with Crippen LogP contribution >= 0.6 is 0 Å². The van der Waals surface area contributed by atoms with Gasteiger partial charge >= 0.3 is 0 Å². The van der Waals surface area contributed by atoms with Crippen LogP contribution in [0.4, 0.5) is 5.69 Å². The number of hydrogen-bond acceptors (Lipinski definition) is 5. The Labute approximate surface area is 169 Å². The normalized spacial score (nSPS) is 13.4. The molecule has 2 aromatic rings. The van der Waals surface area contributed by atoms with Crippen LogP contribution in [0.3, 0.4) is 0 Å². The fraction of sp³-hybridized carbons (Fsp3) is 0.250. The first-order valence-corrected chi connectivity index (χ1v) is 10.3. The molecule has 0 fully saturated rings. The van der Waals surface area contributed by atoms with Crippen molar-refractivity contribution >= 4 is 33.4 Å². The summed E-state index contributed by atoms with van der Waals surface area (Å²) in [6.45, 7) is 5.29. The molecule has 0 saturated carbocycles. The van der Waals surface area contributed by atoms with Crippen molar-refractivity contribution < 1.29 is 22.8 Å². The Bertz CT molecular complexity index is 1130. The molecule has 0 radical (unpaired) electrons. The third-order valence-corrected chi connectivity index (χ3v) is 6.52. The highest BCUT2D eigenvalue weighted by atomic mass is 32.2. The largest absolute Gasteiger partial charge is 0.324 e. The number of imide groups is 1. The minimum atomic E-state index is -4.03. The maximum atomic E-state index is 12.8. The number of rotatable bonds is 5. The molecular weight excluding hydrogens is 394 g/mol. The first kappa shape index (κ1) is 20.7. The van der Waals surface area contributed by atoms with E-state index in [2.05, 4.69) is 10.6 Å². The first-order valence-electron chi connectivity index (χ1n) is 8.84. The molecule has 8 nitrogen and oxygen atoms in total. The molecule has 1 aliphatic rings. The zero-order chi connectivity index (χ0) is 21.5. The van der Waals surface area contributed by atoms with Gasteiger partial charge in [0, 0.05) is 12.7 Å². The molecule has 1 aliphatic heterocycles. The quantitative estimate of drug-likeness (QED) is 0.723. The number of nitrogens with zero attached hydrogens (tertiary/aromatic N) is 1. The topological polar surface area (TPSA) is 113 Å². The fourth-order valence-electron chi connectivity index (χ4n) is 3.33. The van der Waals surface area contributed by atoms with Crippen LogP contribution in [0.5, 0.6) is 0 Å². The fourth-order valence-corrected chi connectivity index (χ4v) is 4.48. The smallest absolute Gasteiger partial charge is 0.258 e. The van der Waals surface area contributed by atoms with Gasteiger partial charge in [-0.15, -0.1) is 0 Å². The summed E-state index contributed by atoms with van der Waals surface area (Å²) in [5.41, 5.74) is 3.61. The van der Waals surface area contributed by atoms with E-state index in [1.165, 1.54) is 19.2 Å². The Morgan fingerprint density at radius 2 is 1.59 bits per heavy atom. The van der Waals surface area contributed by atoms with Gasteiger partial charge in [-0.3, -0.25) is 19.7 Å². The Balaban J connectivity index is 1.79. The number of benzene rings is 2. The third kappa shape index (κ3) is 3.92. The Hall–Kier alpha value is -3.04. The van der Waals surface area contributed by atoms with Crippen LogP contribution in [0.15, 0.2) is 35.2 Å². The molecule has 0 aromatic heterocycles. The van der Waals surface area contributed by atoms with E-state index in [-0.39, 0.29) is 16.0 Å². The number of likely N-dealkylation sites (N-methyl/N-ethyl adjacent to an activating group) is 1. The molecule has 2 aromatic carbocycles. The van der Waals surface area contributed by atoms with Crippen molar-refractivity contribution in [3.8, 4) is 0 Å². The highest BCUT2D eigenvalue weighted by molar-refractivity contribution is 7.89. The summed E-state index contributed by atoms with van der Waals surface area (Å²) in [5.74, 6) is -1.70. The van der Waals surface area contributed by atoms with E-state index in [0.717, 1.165) is 27.1 Å². The zero-order valence-corrected chi connectivity index (χ0v) is 17.3. The number of carbonyl (C=O) groups is 3. The van der Waals surface area contributed by atoms with Crippen LogP contribution in [0.1, 0.15) is 37.4 Å². The molecule has 0 unspecified atom stereocenters. The van der Waals surface area contributed by atoms with Crippen LogP contribution in [-0.2, 0) is 14.8 Å². The summed E-state index contributed by atoms with van der Waals surface area (Å²) in [6, 6.07) is 7.54. The van der Waals surface area contributed by atoms with Gasteiger partial charge in [-0.1, -0.05) is 17.7 Å². The molecule has 3 amide bonds. The van der Waals surface area contributed by atoms with Crippen LogP contribution in [0, 0.1) is 20.8 Å². The van der Waals surface area contributed by atoms with E-state index in [9.17, 15) is 22.8 Å². The summed E-state index contributed by atoms with van der Waals surface area (Å²) in [6.07, 6.45) is 0. The van der Waals surface area contributed by atoms with Crippen molar-refractivity contribution in [2.75, 3.05) is 18.9 Å². The third-order valence-electron chi connectivity index (χ3n) is 4.72. The van der Waals surface area contributed by atoms with Crippen LogP contribution in [0.25, 0.3) is 0 Å². The van der Waals surface area contributed by atoms with Gasteiger partial charge in [0.1, 0.15) is 0 Å². The first-order chi connectivity index (χ1) is 13.5. The second-order valence-electron chi connectivity index (χ2n) is 7.07. The second kappa shape index (κ2) is 7.41. The molecule has 0 atom stereocenters. The average Bonchev–Trinajstić information content (AvgIpc) is 2.91. The maximum absolute atomic E-state index is 12.8. The van der Waals surface area contributed by atoms with Crippen molar-refractivity contribution in [3.05, 3.63) is 58.1 Å². The van der Waals surface area contributed by atoms with E-state index in [4.69, 9.17) is 0 Å². The Morgan fingerprint density at radius 1 is 1.00 bits per heavy atom. The Morgan fingerprint density at radius 3 is 2.21 bits per heavy atom. The highest BCUT2D eigenvalue weighted by Crippen LogP contribution is 2.24. The molecule has 29 heavy (non-hydrogen) atoms. The van der Waals surface area contributed by atoms with Gasteiger partial charge < -0.3 is 5.32 Å². The van der Waals surface area contributed by atoms with E-state index >= 15 is 0 Å². The van der Waals surface area contributed by atoms with Crippen LogP contribution < -0.4 is 10.6 Å². The number of fused-ring (bicyclic) bond motifs is 1. The minimum Gasteiger partial charge on any atom is -0.324 e. The molecule has 0 saturated heterocycles. The summed E-state index contributed by atoms with van der Waals surface area (Å²) in [4.78, 5) is 35.7. The number of nitrogens with one attached hydrogen (secondary N) is 2. The summed E-state index contributed by atoms with van der Waals surface area (Å²) in [5, 5.41) is 4.87. The van der Waals surface area contributed by atoms with Crippen molar-refractivity contribution in [2.45, 2.75) is 25.7 Å². The number of aryl methyl sites for hydroxylation is 3. The van der Waals surface area contributed by atoms with Crippen molar-refractivity contribution in [1.29, 1.82) is 0 Å². The lowest BCUT2D eigenvalue weighted by Crippen LogP contribution is -2.35. The lowest BCUT2D eigenvalue weighted by atomic mass is 10.1. The van der Waals surface area contributed by atoms with Gasteiger partial charge in [0.25, 0.3) is 11.8 Å². The van der Waals surface area contributed by atoms with Crippen molar-refractivity contribution in [3.63, 3.8) is 0 Å². The molecule has 0 spiro atoms. The molecular formula is C20H21N3O5S. The number of anilines is 1. The van der Waals surface area contributed by atoms with Gasteiger partial charge in [0.15, 0.2) is 0 Å². The SMILES string of the molecule is Cc1cc(C)c(NC(=O)CN(C)S(=O)(=O)c2ccc3c(c2)C(=O)NC3=O)c(C)c1. The van der Waals surface area contributed by atoms with E-state index in [1.807, 2.05) is 32.9 Å². The zero-order valence-electron chi connectivity index (χ0n) is 16.5. The van der Waals surface area contributed by atoms with E-state index in [0.29, 0.717) is 5.69 Å². The standard InChI is InChI=1S/C20H21N3O5S/c1-11-7-12(2)18(13(3)8-11)21-17(24)10-23(4)29(27,28)14-5-6-15-16(9-14)20(26)22-19(15)25/h5-9H,10H2,1-4H3,(H,21,24)(H,22,25,26).